The van der Waals surface area contributed by atoms with Crippen LogP contribution in [0.5, 0.6) is 0 Å². The molecule has 0 aromatic rings. The molecule has 0 rings (SSSR count). The van der Waals surface area contributed by atoms with Gasteiger partial charge in [0.05, 0.1) is 0 Å². The molecule has 0 heterocycles. The van der Waals surface area contributed by atoms with Gasteiger partial charge >= 0.3 is 6.03 Å². The van der Waals surface area contributed by atoms with E-state index >= 15 is 0 Å². The summed E-state index contributed by atoms with van der Waals surface area (Å²) in [5, 5.41) is 2.90. The van der Waals surface area contributed by atoms with E-state index in [2.05, 4.69) is 19.2 Å². The molecule has 0 aliphatic heterocycles. The zero-order valence-electron chi connectivity index (χ0n) is 7.85. The Labute approximate surface area is 68.8 Å². The van der Waals surface area contributed by atoms with Crippen molar-refractivity contribution in [3.63, 3.8) is 0 Å². The van der Waals surface area contributed by atoms with Crippen LogP contribution in [0.3, 0.4) is 0 Å². The lowest BCUT2D eigenvalue weighted by Gasteiger charge is -2.18. The monoisotopic (exact) mass is 158 g/mol. The minimum atomic E-state index is -0.00120. The summed E-state index contributed by atoms with van der Waals surface area (Å²) in [6.07, 6.45) is 1.99. The van der Waals surface area contributed by atoms with Crippen molar-refractivity contribution in [1.29, 1.82) is 0 Å². The zero-order valence-corrected chi connectivity index (χ0v) is 7.85. The predicted octanol–water partition coefficient (Wildman–Crippen LogP) is 1.45. The fraction of sp³-hybridized carbons (Fsp3) is 0.875. The number of amides is 2. The van der Waals surface area contributed by atoms with Gasteiger partial charge in [0.2, 0.25) is 0 Å². The van der Waals surface area contributed by atoms with Gasteiger partial charge in [-0.1, -0.05) is 13.8 Å². The Morgan fingerprint density at radius 2 is 1.82 bits per heavy atom. The van der Waals surface area contributed by atoms with Crippen LogP contribution in [-0.4, -0.2) is 31.1 Å². The van der Waals surface area contributed by atoms with Gasteiger partial charge in [0.15, 0.2) is 0 Å². The lowest BCUT2D eigenvalue weighted by atomic mass is 10.2. The number of hydrogen-bond acceptors (Lipinski definition) is 1. The van der Waals surface area contributed by atoms with Crippen molar-refractivity contribution < 1.29 is 4.79 Å². The second-order valence-electron chi connectivity index (χ2n) is 2.86. The summed E-state index contributed by atoms with van der Waals surface area (Å²) >= 11 is 0. The third kappa shape index (κ3) is 3.86. The SMILES string of the molecule is CCC(CC)NC(=O)N(C)C. The normalized spacial score (nSPS) is 9.91. The fourth-order valence-corrected chi connectivity index (χ4v) is 0.797. The topological polar surface area (TPSA) is 32.3 Å². The molecular weight excluding hydrogens is 140 g/mol. The summed E-state index contributed by atoms with van der Waals surface area (Å²) in [6, 6.07) is 0.323. The van der Waals surface area contributed by atoms with Gasteiger partial charge in [-0.2, -0.15) is 0 Å². The number of nitrogens with one attached hydrogen (secondary N) is 1. The number of urea groups is 1. The number of carbonyl (C=O) groups excluding carboxylic acids is 1. The summed E-state index contributed by atoms with van der Waals surface area (Å²) in [6.45, 7) is 4.15. The Bertz CT molecular complexity index is 119. The average molecular weight is 158 g/mol. The van der Waals surface area contributed by atoms with E-state index in [1.165, 1.54) is 0 Å². The standard InChI is InChI=1S/C8H18N2O/c1-5-7(6-2)9-8(11)10(3)4/h7H,5-6H2,1-4H3,(H,9,11). The van der Waals surface area contributed by atoms with Crippen LogP contribution in [-0.2, 0) is 0 Å². The molecule has 3 nitrogen and oxygen atoms in total. The Balaban J connectivity index is 3.72. The molecule has 0 aliphatic carbocycles. The molecule has 11 heavy (non-hydrogen) atoms. The molecule has 0 bridgehead atoms. The maximum Gasteiger partial charge on any atom is 0.317 e. The van der Waals surface area contributed by atoms with Crippen LogP contribution in [0, 0.1) is 0 Å². The molecule has 1 N–H and O–H groups in total. The van der Waals surface area contributed by atoms with Gasteiger partial charge in [0.25, 0.3) is 0 Å². The Morgan fingerprint density at radius 3 is 2.09 bits per heavy atom. The number of hydrogen-bond donors (Lipinski definition) is 1. The van der Waals surface area contributed by atoms with Gasteiger partial charge in [-0.25, -0.2) is 4.79 Å². The number of carbonyl (C=O) groups is 1. The van der Waals surface area contributed by atoms with Crippen LogP contribution in [0.1, 0.15) is 26.7 Å². The lowest BCUT2D eigenvalue weighted by Crippen LogP contribution is -2.40. The van der Waals surface area contributed by atoms with Crippen molar-refractivity contribution in [3.05, 3.63) is 0 Å². The van der Waals surface area contributed by atoms with Gasteiger partial charge in [0, 0.05) is 20.1 Å². The third-order valence-electron chi connectivity index (χ3n) is 1.72. The molecule has 2 amide bonds. The first-order valence-corrected chi connectivity index (χ1v) is 4.09. The summed E-state index contributed by atoms with van der Waals surface area (Å²) in [5.41, 5.74) is 0. The van der Waals surface area contributed by atoms with Crippen molar-refractivity contribution in [2.45, 2.75) is 32.7 Å². The van der Waals surface area contributed by atoms with Crippen LogP contribution in [0.25, 0.3) is 0 Å². The lowest BCUT2D eigenvalue weighted by molar-refractivity contribution is 0.212. The third-order valence-corrected chi connectivity index (χ3v) is 1.72. The molecule has 0 saturated carbocycles. The van der Waals surface area contributed by atoms with E-state index in [0.717, 1.165) is 12.8 Å². The zero-order chi connectivity index (χ0) is 8.85. The first-order chi connectivity index (χ1) is 5.11. The first-order valence-electron chi connectivity index (χ1n) is 4.09. The van der Waals surface area contributed by atoms with E-state index < -0.39 is 0 Å². The maximum atomic E-state index is 11.1. The van der Waals surface area contributed by atoms with Crippen LogP contribution in [0.2, 0.25) is 0 Å². The van der Waals surface area contributed by atoms with Crippen LogP contribution >= 0.6 is 0 Å². The molecule has 0 fully saturated rings. The highest BCUT2D eigenvalue weighted by Crippen LogP contribution is 1.96. The van der Waals surface area contributed by atoms with E-state index in [9.17, 15) is 4.79 Å². The number of nitrogens with zero attached hydrogens (tertiary/aromatic N) is 1. The molecule has 0 aliphatic rings. The van der Waals surface area contributed by atoms with Gasteiger partial charge in [-0.3, -0.25) is 0 Å². The predicted molar refractivity (Wildman–Crippen MR) is 46.6 cm³/mol. The smallest absolute Gasteiger partial charge is 0.317 e. The number of rotatable bonds is 3. The van der Waals surface area contributed by atoms with Gasteiger partial charge in [-0.05, 0) is 12.8 Å². The highest BCUT2D eigenvalue weighted by Gasteiger charge is 2.08. The largest absolute Gasteiger partial charge is 0.335 e. The van der Waals surface area contributed by atoms with E-state index in [1.807, 2.05) is 0 Å². The van der Waals surface area contributed by atoms with Crippen LogP contribution in [0.15, 0.2) is 0 Å². The van der Waals surface area contributed by atoms with Crippen molar-refractivity contribution >= 4 is 6.03 Å². The highest BCUT2D eigenvalue weighted by atomic mass is 16.2. The van der Waals surface area contributed by atoms with Crippen molar-refractivity contribution in [2.75, 3.05) is 14.1 Å². The van der Waals surface area contributed by atoms with Gasteiger partial charge in [-0.15, -0.1) is 0 Å². The molecular formula is C8H18N2O. The molecule has 3 heteroatoms. The van der Waals surface area contributed by atoms with Gasteiger partial charge in [0.1, 0.15) is 0 Å². The minimum Gasteiger partial charge on any atom is -0.335 e. The second-order valence-corrected chi connectivity index (χ2v) is 2.86. The van der Waals surface area contributed by atoms with E-state index in [0.29, 0.717) is 6.04 Å². The average Bonchev–Trinajstić information content (AvgIpc) is 1.99. The Morgan fingerprint density at radius 1 is 1.36 bits per heavy atom. The summed E-state index contributed by atoms with van der Waals surface area (Å²) in [4.78, 5) is 12.6. The van der Waals surface area contributed by atoms with Crippen molar-refractivity contribution in [2.24, 2.45) is 0 Å². The molecule has 0 aromatic carbocycles. The summed E-state index contributed by atoms with van der Waals surface area (Å²) in [7, 11) is 3.50. The highest BCUT2D eigenvalue weighted by molar-refractivity contribution is 5.73. The van der Waals surface area contributed by atoms with E-state index in [4.69, 9.17) is 0 Å². The Kier molecular flexibility index (Phi) is 4.66. The summed E-state index contributed by atoms with van der Waals surface area (Å²) in [5.74, 6) is 0. The summed E-state index contributed by atoms with van der Waals surface area (Å²) < 4.78 is 0. The van der Waals surface area contributed by atoms with Crippen LogP contribution in [0.4, 0.5) is 4.79 Å². The van der Waals surface area contributed by atoms with Crippen molar-refractivity contribution in [1.82, 2.24) is 10.2 Å². The Hall–Kier alpha value is -0.730. The minimum absolute atomic E-state index is 0.00120. The molecule has 0 atom stereocenters. The second kappa shape index (κ2) is 4.99. The molecule has 0 spiro atoms. The van der Waals surface area contributed by atoms with Crippen LogP contribution < -0.4 is 5.32 Å². The molecule has 0 unspecified atom stereocenters. The van der Waals surface area contributed by atoms with Crippen molar-refractivity contribution in [3.8, 4) is 0 Å². The van der Waals surface area contributed by atoms with E-state index in [-0.39, 0.29) is 6.03 Å². The first kappa shape index (κ1) is 10.3. The molecule has 0 aromatic heterocycles. The maximum absolute atomic E-state index is 11.1. The fourth-order valence-electron chi connectivity index (χ4n) is 0.797. The molecule has 0 radical (unpaired) electrons. The molecule has 66 valence electrons. The molecule has 0 saturated heterocycles. The van der Waals surface area contributed by atoms with E-state index in [1.54, 1.807) is 19.0 Å². The quantitative estimate of drug-likeness (QED) is 0.662. The van der Waals surface area contributed by atoms with Gasteiger partial charge < -0.3 is 10.2 Å².